The molecule has 2 rings (SSSR count). The van der Waals surface area contributed by atoms with Crippen LogP contribution in [0.3, 0.4) is 0 Å². The standard InChI is InChI=1S/C12H11NO4/c1-16-9-4-2-3-8(5-9)10-7-13-17-11(10)6-12(14)15/h2-5,7H,6H2,1H3,(H,14,15). The highest BCUT2D eigenvalue weighted by Gasteiger charge is 2.14. The summed E-state index contributed by atoms with van der Waals surface area (Å²) in [6.07, 6.45) is 1.32. The van der Waals surface area contributed by atoms with Crippen LogP contribution >= 0.6 is 0 Å². The van der Waals surface area contributed by atoms with Crippen LogP contribution in [0.15, 0.2) is 35.0 Å². The summed E-state index contributed by atoms with van der Waals surface area (Å²) in [5.74, 6) is 0.0848. The van der Waals surface area contributed by atoms with Gasteiger partial charge in [0.1, 0.15) is 12.2 Å². The molecule has 17 heavy (non-hydrogen) atoms. The lowest BCUT2D eigenvalue weighted by molar-refractivity contribution is -0.136. The first kappa shape index (κ1) is 11.2. The van der Waals surface area contributed by atoms with Crippen LogP contribution in [-0.2, 0) is 11.2 Å². The van der Waals surface area contributed by atoms with Gasteiger partial charge >= 0.3 is 5.97 Å². The Hall–Kier alpha value is -2.30. The van der Waals surface area contributed by atoms with Crippen molar-refractivity contribution in [2.45, 2.75) is 6.42 Å². The van der Waals surface area contributed by atoms with Crippen molar-refractivity contribution in [2.75, 3.05) is 7.11 Å². The van der Waals surface area contributed by atoms with Gasteiger partial charge in [0.25, 0.3) is 0 Å². The normalized spacial score (nSPS) is 10.2. The summed E-state index contributed by atoms with van der Waals surface area (Å²) in [5, 5.41) is 12.4. The third-order valence-corrected chi connectivity index (χ3v) is 2.34. The number of aliphatic carboxylic acids is 1. The second kappa shape index (κ2) is 4.69. The smallest absolute Gasteiger partial charge is 0.311 e. The van der Waals surface area contributed by atoms with E-state index in [0.29, 0.717) is 17.1 Å². The number of aromatic nitrogens is 1. The monoisotopic (exact) mass is 233 g/mol. The molecule has 0 bridgehead atoms. The third kappa shape index (κ3) is 2.44. The number of nitrogens with zero attached hydrogens (tertiary/aromatic N) is 1. The molecule has 0 fully saturated rings. The second-order valence-corrected chi connectivity index (χ2v) is 3.47. The number of methoxy groups -OCH3 is 1. The highest BCUT2D eigenvalue weighted by molar-refractivity contribution is 5.74. The SMILES string of the molecule is COc1cccc(-c2cnoc2CC(=O)O)c1. The second-order valence-electron chi connectivity index (χ2n) is 3.47. The van der Waals surface area contributed by atoms with Crippen molar-refractivity contribution >= 4 is 5.97 Å². The molecule has 0 amide bonds. The van der Waals surface area contributed by atoms with Gasteiger partial charge in [-0.15, -0.1) is 0 Å². The Morgan fingerprint density at radius 2 is 2.35 bits per heavy atom. The molecule has 1 aromatic heterocycles. The Balaban J connectivity index is 2.38. The summed E-state index contributed by atoms with van der Waals surface area (Å²) in [7, 11) is 1.57. The summed E-state index contributed by atoms with van der Waals surface area (Å²) in [4.78, 5) is 10.7. The average molecular weight is 233 g/mol. The number of carboxylic acid groups (broad SMARTS) is 1. The van der Waals surface area contributed by atoms with Crippen LogP contribution in [-0.4, -0.2) is 23.3 Å². The van der Waals surface area contributed by atoms with Gasteiger partial charge in [-0.3, -0.25) is 4.79 Å². The zero-order valence-electron chi connectivity index (χ0n) is 9.21. The Morgan fingerprint density at radius 3 is 3.06 bits per heavy atom. The molecule has 0 aliphatic carbocycles. The van der Waals surface area contributed by atoms with Crippen molar-refractivity contribution in [1.82, 2.24) is 5.16 Å². The molecule has 0 spiro atoms. The molecule has 1 heterocycles. The number of rotatable bonds is 4. The van der Waals surface area contributed by atoms with E-state index in [4.69, 9.17) is 14.4 Å². The van der Waals surface area contributed by atoms with Gasteiger partial charge in [0.05, 0.1) is 13.3 Å². The molecule has 5 nitrogen and oxygen atoms in total. The lowest BCUT2D eigenvalue weighted by atomic mass is 10.1. The van der Waals surface area contributed by atoms with Gasteiger partial charge in [-0.05, 0) is 17.7 Å². The van der Waals surface area contributed by atoms with Crippen LogP contribution in [0.4, 0.5) is 0 Å². The topological polar surface area (TPSA) is 72.6 Å². The van der Waals surface area contributed by atoms with E-state index in [2.05, 4.69) is 5.16 Å². The first-order chi connectivity index (χ1) is 8.20. The maximum Gasteiger partial charge on any atom is 0.311 e. The molecule has 5 heteroatoms. The molecule has 0 atom stereocenters. The quantitative estimate of drug-likeness (QED) is 0.874. The molecule has 0 saturated heterocycles. The number of ether oxygens (including phenoxy) is 1. The van der Waals surface area contributed by atoms with Crippen molar-refractivity contribution in [2.24, 2.45) is 0 Å². The Labute approximate surface area is 97.6 Å². The van der Waals surface area contributed by atoms with Gasteiger partial charge in [-0.2, -0.15) is 0 Å². The van der Waals surface area contributed by atoms with E-state index < -0.39 is 5.97 Å². The molecule has 0 unspecified atom stereocenters. The first-order valence-electron chi connectivity index (χ1n) is 5.00. The molecule has 0 radical (unpaired) electrons. The first-order valence-corrected chi connectivity index (χ1v) is 5.00. The minimum absolute atomic E-state index is 0.188. The molecule has 88 valence electrons. The zero-order chi connectivity index (χ0) is 12.3. The van der Waals surface area contributed by atoms with Gasteiger partial charge in [0, 0.05) is 5.56 Å². The van der Waals surface area contributed by atoms with Crippen LogP contribution in [0.25, 0.3) is 11.1 Å². The highest BCUT2D eigenvalue weighted by Crippen LogP contribution is 2.27. The number of carboxylic acids is 1. The average Bonchev–Trinajstić information content (AvgIpc) is 2.76. The van der Waals surface area contributed by atoms with E-state index in [-0.39, 0.29) is 6.42 Å². The summed E-state index contributed by atoms with van der Waals surface area (Å²) in [6.45, 7) is 0. The molecule has 0 aliphatic rings. The molecular formula is C12H11NO4. The zero-order valence-corrected chi connectivity index (χ0v) is 9.21. The minimum Gasteiger partial charge on any atom is -0.497 e. The van der Waals surface area contributed by atoms with Gasteiger partial charge in [0.2, 0.25) is 0 Å². The van der Waals surface area contributed by atoms with Gasteiger partial charge in [-0.1, -0.05) is 17.3 Å². The van der Waals surface area contributed by atoms with Crippen molar-refractivity contribution in [1.29, 1.82) is 0 Å². The minimum atomic E-state index is -0.953. The van der Waals surface area contributed by atoms with Crippen LogP contribution in [0, 0.1) is 0 Å². The molecule has 1 N–H and O–H groups in total. The van der Waals surface area contributed by atoms with Crippen LogP contribution in [0.5, 0.6) is 5.75 Å². The van der Waals surface area contributed by atoms with Crippen LogP contribution < -0.4 is 4.74 Å². The summed E-state index contributed by atoms with van der Waals surface area (Å²) in [5.41, 5.74) is 1.49. The number of hydrogen-bond acceptors (Lipinski definition) is 4. The lowest BCUT2D eigenvalue weighted by Gasteiger charge is -2.03. The van der Waals surface area contributed by atoms with Gasteiger partial charge in [-0.25, -0.2) is 0 Å². The Bertz CT molecular complexity index is 533. The Kier molecular flexibility index (Phi) is 3.09. The third-order valence-electron chi connectivity index (χ3n) is 2.34. The van der Waals surface area contributed by atoms with E-state index in [1.165, 1.54) is 6.20 Å². The van der Waals surface area contributed by atoms with Gasteiger partial charge < -0.3 is 14.4 Å². The van der Waals surface area contributed by atoms with Crippen molar-refractivity contribution in [3.05, 3.63) is 36.2 Å². The largest absolute Gasteiger partial charge is 0.497 e. The number of carbonyl (C=O) groups is 1. The summed E-state index contributed by atoms with van der Waals surface area (Å²) < 4.78 is 10.0. The van der Waals surface area contributed by atoms with Crippen molar-refractivity contribution in [3.63, 3.8) is 0 Å². The number of hydrogen-bond donors (Lipinski definition) is 1. The fraction of sp³-hybridized carbons (Fsp3) is 0.167. The van der Waals surface area contributed by atoms with Crippen molar-refractivity contribution < 1.29 is 19.2 Å². The van der Waals surface area contributed by atoms with Gasteiger partial charge in [0.15, 0.2) is 5.76 Å². The molecule has 0 saturated carbocycles. The molecular weight excluding hydrogens is 222 g/mol. The maximum absolute atomic E-state index is 10.7. The predicted molar refractivity (Wildman–Crippen MR) is 59.8 cm³/mol. The van der Waals surface area contributed by atoms with E-state index in [1.54, 1.807) is 13.2 Å². The summed E-state index contributed by atoms with van der Waals surface area (Å²) in [6, 6.07) is 7.29. The Morgan fingerprint density at radius 1 is 1.53 bits per heavy atom. The molecule has 2 aromatic rings. The van der Waals surface area contributed by atoms with E-state index in [9.17, 15) is 4.79 Å². The highest BCUT2D eigenvalue weighted by atomic mass is 16.5. The molecule has 0 aliphatic heterocycles. The van der Waals surface area contributed by atoms with E-state index >= 15 is 0 Å². The van der Waals surface area contributed by atoms with Crippen molar-refractivity contribution in [3.8, 4) is 16.9 Å². The van der Waals surface area contributed by atoms with E-state index in [0.717, 1.165) is 5.56 Å². The number of benzene rings is 1. The fourth-order valence-corrected chi connectivity index (χ4v) is 1.55. The fourth-order valence-electron chi connectivity index (χ4n) is 1.55. The van der Waals surface area contributed by atoms with E-state index in [1.807, 2.05) is 18.2 Å². The van der Waals surface area contributed by atoms with Crippen LogP contribution in [0.1, 0.15) is 5.76 Å². The predicted octanol–water partition coefficient (Wildman–Crippen LogP) is 1.98. The molecule has 1 aromatic carbocycles. The summed E-state index contributed by atoms with van der Waals surface area (Å²) >= 11 is 0. The lowest BCUT2D eigenvalue weighted by Crippen LogP contribution is -1.99. The maximum atomic E-state index is 10.7. The van der Waals surface area contributed by atoms with Crippen LogP contribution in [0.2, 0.25) is 0 Å².